The largest absolute Gasteiger partial charge is 0.396 e. The Hall–Kier alpha value is -1.97. The minimum Gasteiger partial charge on any atom is -0.396 e. The number of rotatable bonds is 10. The van der Waals surface area contributed by atoms with Gasteiger partial charge in [0.2, 0.25) is 0 Å². The highest BCUT2D eigenvalue weighted by molar-refractivity contribution is 5.97. The van der Waals surface area contributed by atoms with Crippen LogP contribution in [0.3, 0.4) is 0 Å². The second-order valence-electron chi connectivity index (χ2n) is 5.77. The first kappa shape index (κ1) is 17.4. The molecule has 0 saturated carbocycles. The molecule has 0 amide bonds. The van der Waals surface area contributed by atoms with Crippen LogP contribution in [0, 0.1) is 0 Å². The molecular weight excluding hydrogens is 286 g/mol. The van der Waals surface area contributed by atoms with Crippen LogP contribution in [0.1, 0.15) is 35.2 Å². The van der Waals surface area contributed by atoms with Crippen molar-refractivity contribution in [3.05, 3.63) is 71.8 Å². The number of unbranched alkanes of at least 4 members (excludes halogenated alkanes) is 2. The summed E-state index contributed by atoms with van der Waals surface area (Å²) < 4.78 is 0. The summed E-state index contributed by atoms with van der Waals surface area (Å²) in [5, 5.41) is 8.89. The second-order valence-corrected chi connectivity index (χ2v) is 5.77. The first-order valence-corrected chi connectivity index (χ1v) is 8.25. The van der Waals surface area contributed by atoms with E-state index in [0.717, 1.165) is 37.9 Å². The molecule has 2 aromatic rings. The van der Waals surface area contributed by atoms with Gasteiger partial charge in [0.15, 0.2) is 5.78 Å². The smallest absolute Gasteiger partial charge is 0.176 e. The monoisotopic (exact) mass is 311 g/mol. The molecule has 0 aliphatic carbocycles. The number of benzene rings is 2. The van der Waals surface area contributed by atoms with Crippen molar-refractivity contribution in [3.8, 4) is 0 Å². The summed E-state index contributed by atoms with van der Waals surface area (Å²) in [6.45, 7) is 2.31. The summed E-state index contributed by atoms with van der Waals surface area (Å²) in [7, 11) is 0. The van der Waals surface area contributed by atoms with Crippen molar-refractivity contribution >= 4 is 5.78 Å². The van der Waals surface area contributed by atoms with Crippen molar-refractivity contribution in [2.45, 2.75) is 25.8 Å². The quantitative estimate of drug-likeness (QED) is 0.539. The van der Waals surface area contributed by atoms with Gasteiger partial charge in [0.25, 0.3) is 0 Å². The number of ketones is 1. The highest BCUT2D eigenvalue weighted by atomic mass is 16.2. The molecule has 0 aliphatic heterocycles. The topological polar surface area (TPSA) is 40.5 Å². The fourth-order valence-electron chi connectivity index (χ4n) is 2.60. The van der Waals surface area contributed by atoms with Gasteiger partial charge in [-0.25, -0.2) is 0 Å². The van der Waals surface area contributed by atoms with Gasteiger partial charge in [-0.15, -0.1) is 0 Å². The molecule has 0 aromatic heterocycles. The molecule has 0 spiro atoms. The number of nitrogens with zero attached hydrogens (tertiary/aromatic N) is 1. The Bertz CT molecular complexity index is 569. The zero-order valence-electron chi connectivity index (χ0n) is 13.5. The lowest BCUT2D eigenvalue weighted by Crippen LogP contribution is -2.30. The van der Waals surface area contributed by atoms with Gasteiger partial charge in [0, 0.05) is 18.7 Å². The molecule has 0 bridgehead atoms. The van der Waals surface area contributed by atoms with Crippen LogP contribution in [0.2, 0.25) is 0 Å². The lowest BCUT2D eigenvalue weighted by Gasteiger charge is -2.21. The molecule has 0 heterocycles. The number of aliphatic hydroxyl groups is 1. The fraction of sp³-hybridized carbons (Fsp3) is 0.350. The summed E-state index contributed by atoms with van der Waals surface area (Å²) in [5.74, 6) is 0.156. The van der Waals surface area contributed by atoms with Gasteiger partial charge in [-0.2, -0.15) is 0 Å². The summed E-state index contributed by atoms with van der Waals surface area (Å²) in [6, 6.07) is 19.7. The lowest BCUT2D eigenvalue weighted by atomic mass is 10.1. The molecule has 122 valence electrons. The van der Waals surface area contributed by atoms with Crippen LogP contribution < -0.4 is 0 Å². The number of hydrogen-bond donors (Lipinski definition) is 1. The summed E-state index contributed by atoms with van der Waals surface area (Å²) in [4.78, 5) is 14.6. The van der Waals surface area contributed by atoms with Crippen LogP contribution in [0.15, 0.2) is 60.7 Å². The fourth-order valence-corrected chi connectivity index (χ4v) is 2.60. The van der Waals surface area contributed by atoms with Gasteiger partial charge >= 0.3 is 0 Å². The second kappa shape index (κ2) is 9.93. The molecule has 3 nitrogen and oxygen atoms in total. The first-order chi connectivity index (χ1) is 11.3. The zero-order chi connectivity index (χ0) is 16.3. The Labute approximate surface area is 138 Å². The molecular formula is C20H25NO2. The van der Waals surface area contributed by atoms with E-state index in [1.165, 1.54) is 5.56 Å². The summed E-state index contributed by atoms with van der Waals surface area (Å²) in [5.41, 5.74) is 1.98. The Morgan fingerprint density at radius 3 is 2.17 bits per heavy atom. The molecule has 3 heteroatoms. The van der Waals surface area contributed by atoms with Gasteiger partial charge in [-0.05, 0) is 31.4 Å². The Kier molecular flexibility index (Phi) is 7.50. The molecule has 0 fully saturated rings. The molecule has 0 radical (unpaired) electrons. The van der Waals surface area contributed by atoms with E-state index in [1.54, 1.807) is 0 Å². The molecule has 23 heavy (non-hydrogen) atoms. The average molecular weight is 311 g/mol. The molecule has 0 saturated heterocycles. The van der Waals surface area contributed by atoms with Gasteiger partial charge in [0.05, 0.1) is 6.54 Å². The van der Waals surface area contributed by atoms with E-state index in [2.05, 4.69) is 17.0 Å². The maximum atomic E-state index is 12.5. The highest BCUT2D eigenvalue weighted by Gasteiger charge is 2.12. The SMILES string of the molecule is O=C(CN(CCCCCO)Cc1ccccc1)c1ccccc1. The summed E-state index contributed by atoms with van der Waals surface area (Å²) >= 11 is 0. The third-order valence-corrected chi connectivity index (χ3v) is 3.84. The van der Waals surface area contributed by atoms with E-state index < -0.39 is 0 Å². The Balaban J connectivity index is 1.96. The van der Waals surface area contributed by atoms with Crippen molar-refractivity contribution in [2.75, 3.05) is 19.7 Å². The zero-order valence-corrected chi connectivity index (χ0v) is 13.5. The normalized spacial score (nSPS) is 10.9. The van der Waals surface area contributed by atoms with E-state index in [9.17, 15) is 4.79 Å². The highest BCUT2D eigenvalue weighted by Crippen LogP contribution is 2.09. The van der Waals surface area contributed by atoms with Crippen molar-refractivity contribution in [2.24, 2.45) is 0 Å². The minimum atomic E-state index is 0.156. The first-order valence-electron chi connectivity index (χ1n) is 8.25. The van der Waals surface area contributed by atoms with E-state index >= 15 is 0 Å². The van der Waals surface area contributed by atoms with Crippen LogP contribution >= 0.6 is 0 Å². The molecule has 0 atom stereocenters. The number of aliphatic hydroxyl groups excluding tert-OH is 1. The van der Waals surface area contributed by atoms with Crippen LogP contribution in [0.5, 0.6) is 0 Å². The van der Waals surface area contributed by atoms with E-state index in [1.807, 2.05) is 48.5 Å². The van der Waals surface area contributed by atoms with E-state index in [0.29, 0.717) is 6.54 Å². The standard InChI is InChI=1S/C20H25NO2/c22-15-9-3-8-14-21(16-18-10-4-1-5-11-18)17-20(23)19-12-6-2-7-13-19/h1-2,4-7,10-13,22H,3,8-9,14-17H2. The van der Waals surface area contributed by atoms with Crippen molar-refractivity contribution in [3.63, 3.8) is 0 Å². The minimum absolute atomic E-state index is 0.156. The lowest BCUT2D eigenvalue weighted by molar-refractivity contribution is 0.0923. The summed E-state index contributed by atoms with van der Waals surface area (Å²) in [6.07, 6.45) is 2.81. The maximum Gasteiger partial charge on any atom is 0.176 e. The molecule has 2 aromatic carbocycles. The van der Waals surface area contributed by atoms with E-state index in [-0.39, 0.29) is 12.4 Å². The third-order valence-electron chi connectivity index (χ3n) is 3.84. The van der Waals surface area contributed by atoms with Gasteiger partial charge < -0.3 is 5.11 Å². The molecule has 0 aliphatic rings. The molecule has 1 N–H and O–H groups in total. The van der Waals surface area contributed by atoms with E-state index in [4.69, 9.17) is 5.11 Å². The van der Waals surface area contributed by atoms with Crippen molar-refractivity contribution in [1.82, 2.24) is 4.90 Å². The number of carbonyl (C=O) groups is 1. The van der Waals surface area contributed by atoms with Crippen LogP contribution in [0.4, 0.5) is 0 Å². The van der Waals surface area contributed by atoms with Crippen LogP contribution in [0.25, 0.3) is 0 Å². The van der Waals surface area contributed by atoms with Crippen molar-refractivity contribution < 1.29 is 9.90 Å². The van der Waals surface area contributed by atoms with Crippen LogP contribution in [-0.2, 0) is 6.54 Å². The van der Waals surface area contributed by atoms with Crippen molar-refractivity contribution in [1.29, 1.82) is 0 Å². The van der Waals surface area contributed by atoms with Gasteiger partial charge in [-0.3, -0.25) is 9.69 Å². The average Bonchev–Trinajstić information content (AvgIpc) is 2.60. The van der Waals surface area contributed by atoms with Crippen LogP contribution in [-0.4, -0.2) is 35.5 Å². The third kappa shape index (κ3) is 6.35. The number of Topliss-reactive ketones (excluding diaryl/α,β-unsaturated/α-hetero) is 1. The number of carbonyl (C=O) groups excluding carboxylic acids is 1. The Morgan fingerprint density at radius 1 is 0.870 bits per heavy atom. The predicted molar refractivity (Wildman–Crippen MR) is 93.4 cm³/mol. The molecule has 2 rings (SSSR count). The number of hydrogen-bond acceptors (Lipinski definition) is 3. The molecule has 0 unspecified atom stereocenters. The Morgan fingerprint density at radius 2 is 1.52 bits per heavy atom. The maximum absolute atomic E-state index is 12.5. The predicted octanol–water partition coefficient (Wildman–Crippen LogP) is 3.53. The van der Waals surface area contributed by atoms with Gasteiger partial charge in [-0.1, -0.05) is 60.7 Å². The van der Waals surface area contributed by atoms with Gasteiger partial charge in [0.1, 0.15) is 0 Å².